The first-order valence-corrected chi connectivity index (χ1v) is 9.99. The normalized spacial score (nSPS) is 14.6. The summed E-state index contributed by atoms with van der Waals surface area (Å²) in [6, 6.07) is -2.44. The first-order valence-electron chi connectivity index (χ1n) is 9.99. The van der Waals surface area contributed by atoms with Crippen LogP contribution in [0.3, 0.4) is 0 Å². The van der Waals surface area contributed by atoms with Crippen molar-refractivity contribution in [2.45, 2.75) is 85.5 Å². The summed E-state index contributed by atoms with van der Waals surface area (Å²) in [6.45, 7) is 14.2. The van der Waals surface area contributed by atoms with E-state index in [2.05, 4.69) is 21.3 Å². The van der Waals surface area contributed by atoms with E-state index in [0.717, 1.165) is 0 Å². The zero-order valence-electron chi connectivity index (χ0n) is 19.1. The van der Waals surface area contributed by atoms with Gasteiger partial charge in [-0.05, 0) is 46.0 Å². The lowest BCUT2D eigenvalue weighted by Gasteiger charge is -2.26. The molecule has 0 saturated heterocycles. The van der Waals surface area contributed by atoms with Crippen LogP contribution < -0.4 is 21.3 Å². The van der Waals surface area contributed by atoms with E-state index in [1.54, 1.807) is 20.8 Å². The molecule has 0 heterocycles. The number of alkyl carbamates (subject to hydrolysis) is 1. The number of hydrogen-bond acceptors (Lipinski definition) is 5. The van der Waals surface area contributed by atoms with Crippen molar-refractivity contribution in [3.63, 3.8) is 0 Å². The van der Waals surface area contributed by atoms with Crippen LogP contribution in [0.1, 0.15) is 61.8 Å². The van der Waals surface area contributed by atoms with Gasteiger partial charge in [-0.25, -0.2) is 4.79 Å². The van der Waals surface area contributed by atoms with Crippen molar-refractivity contribution in [3.05, 3.63) is 0 Å². The molecule has 0 aromatic heterocycles. The molecule has 0 spiro atoms. The predicted molar refractivity (Wildman–Crippen MR) is 111 cm³/mol. The van der Waals surface area contributed by atoms with Crippen LogP contribution in [0.15, 0.2) is 0 Å². The summed E-state index contributed by atoms with van der Waals surface area (Å²) in [5, 5.41) is 10.3. The van der Waals surface area contributed by atoms with Crippen LogP contribution in [-0.4, -0.2) is 54.6 Å². The summed E-state index contributed by atoms with van der Waals surface area (Å²) in [5.41, 5.74) is -0.693. The second-order valence-corrected chi connectivity index (χ2v) is 8.90. The van der Waals surface area contributed by atoms with Crippen LogP contribution >= 0.6 is 0 Å². The van der Waals surface area contributed by atoms with Crippen LogP contribution in [0.5, 0.6) is 0 Å². The van der Waals surface area contributed by atoms with E-state index >= 15 is 0 Å². The molecule has 0 radical (unpaired) electrons. The minimum absolute atomic E-state index is 0.121. The first-order chi connectivity index (χ1) is 13.2. The Kier molecular flexibility index (Phi) is 10.7. The highest BCUT2D eigenvalue weighted by molar-refractivity contribution is 5.93. The van der Waals surface area contributed by atoms with Gasteiger partial charge in [0.25, 0.3) is 0 Å². The Hall–Kier alpha value is -2.32. The Morgan fingerprint density at radius 2 is 1.38 bits per heavy atom. The number of nitrogens with one attached hydrogen (secondary N) is 4. The first kappa shape index (κ1) is 26.7. The molecule has 29 heavy (non-hydrogen) atoms. The summed E-state index contributed by atoms with van der Waals surface area (Å²) >= 11 is 0. The van der Waals surface area contributed by atoms with Gasteiger partial charge in [-0.1, -0.05) is 27.7 Å². The third kappa shape index (κ3) is 10.7. The van der Waals surface area contributed by atoms with E-state index in [0.29, 0.717) is 6.42 Å². The molecule has 0 rings (SSSR count). The standard InChI is InChI=1S/C20H38N4O5/c1-11(2)10-14(23-19(28)29-20(6,7)8)17(26)22-13(5)16(25)24-15(12(3)4)18(27)21-9/h11-15H,10H2,1-9H3,(H,21,27)(H,22,26)(H,23,28)(H,24,25)/t13-,14-,15-/m0/s1. The lowest BCUT2D eigenvalue weighted by Crippen LogP contribution is -2.57. The average molecular weight is 415 g/mol. The number of likely N-dealkylation sites (N-methyl/N-ethyl adjacent to an activating group) is 1. The molecule has 0 aliphatic carbocycles. The van der Waals surface area contributed by atoms with Crippen molar-refractivity contribution in [2.24, 2.45) is 11.8 Å². The van der Waals surface area contributed by atoms with E-state index in [-0.39, 0.29) is 17.7 Å². The molecule has 3 atom stereocenters. The molecule has 0 aliphatic rings. The highest BCUT2D eigenvalue weighted by Gasteiger charge is 2.29. The minimum Gasteiger partial charge on any atom is -0.444 e. The van der Waals surface area contributed by atoms with Gasteiger partial charge in [0.1, 0.15) is 23.7 Å². The Balaban J connectivity index is 5.07. The second kappa shape index (κ2) is 11.6. The van der Waals surface area contributed by atoms with Crippen LogP contribution in [-0.2, 0) is 19.1 Å². The molecule has 0 fully saturated rings. The summed E-state index contributed by atoms with van der Waals surface area (Å²) < 4.78 is 5.22. The molecule has 0 aromatic carbocycles. The maximum atomic E-state index is 12.7. The molecule has 0 unspecified atom stereocenters. The van der Waals surface area contributed by atoms with Gasteiger partial charge in [-0.3, -0.25) is 14.4 Å². The van der Waals surface area contributed by atoms with Gasteiger partial charge in [0.05, 0.1) is 0 Å². The Bertz CT molecular complexity index is 584. The maximum Gasteiger partial charge on any atom is 0.408 e. The largest absolute Gasteiger partial charge is 0.444 e. The Morgan fingerprint density at radius 1 is 0.828 bits per heavy atom. The fourth-order valence-electron chi connectivity index (χ4n) is 2.50. The smallest absolute Gasteiger partial charge is 0.408 e. The topological polar surface area (TPSA) is 126 Å². The van der Waals surface area contributed by atoms with Gasteiger partial charge in [0.2, 0.25) is 17.7 Å². The summed E-state index contributed by atoms with van der Waals surface area (Å²) in [7, 11) is 1.49. The molecular weight excluding hydrogens is 376 g/mol. The molecule has 0 aliphatic heterocycles. The fraction of sp³-hybridized carbons (Fsp3) is 0.800. The number of hydrogen-bond donors (Lipinski definition) is 4. The predicted octanol–water partition coefficient (Wildman–Crippen LogP) is 1.32. The molecule has 0 bridgehead atoms. The van der Waals surface area contributed by atoms with E-state index in [9.17, 15) is 19.2 Å². The van der Waals surface area contributed by atoms with Gasteiger partial charge in [0.15, 0.2) is 0 Å². The molecule has 9 heteroatoms. The quantitative estimate of drug-likeness (QED) is 0.453. The van der Waals surface area contributed by atoms with Gasteiger partial charge in [0, 0.05) is 7.05 Å². The van der Waals surface area contributed by atoms with Crippen molar-refractivity contribution in [1.82, 2.24) is 21.3 Å². The van der Waals surface area contributed by atoms with Crippen molar-refractivity contribution in [2.75, 3.05) is 7.05 Å². The van der Waals surface area contributed by atoms with E-state index in [1.807, 2.05) is 27.7 Å². The zero-order valence-corrected chi connectivity index (χ0v) is 19.1. The third-order valence-electron chi connectivity index (χ3n) is 3.96. The molecule has 0 saturated carbocycles. The number of rotatable bonds is 9. The van der Waals surface area contributed by atoms with Crippen molar-refractivity contribution in [3.8, 4) is 0 Å². The van der Waals surface area contributed by atoms with E-state index < -0.39 is 41.6 Å². The lowest BCUT2D eigenvalue weighted by atomic mass is 10.0. The molecule has 4 N–H and O–H groups in total. The second-order valence-electron chi connectivity index (χ2n) is 8.90. The minimum atomic E-state index is -0.886. The average Bonchev–Trinajstić information content (AvgIpc) is 2.55. The van der Waals surface area contributed by atoms with Crippen LogP contribution in [0, 0.1) is 11.8 Å². The molecule has 9 nitrogen and oxygen atoms in total. The Labute approximate surface area is 174 Å². The molecule has 168 valence electrons. The highest BCUT2D eigenvalue weighted by atomic mass is 16.6. The van der Waals surface area contributed by atoms with Gasteiger partial charge < -0.3 is 26.0 Å². The SMILES string of the molecule is CNC(=O)[C@@H](NC(=O)[C@H](C)NC(=O)[C@H](CC(C)C)NC(=O)OC(C)(C)C)C(C)C. The van der Waals surface area contributed by atoms with Crippen molar-refractivity contribution in [1.29, 1.82) is 0 Å². The molecular formula is C20H38N4O5. The number of carbonyl (C=O) groups is 4. The van der Waals surface area contributed by atoms with Crippen molar-refractivity contribution >= 4 is 23.8 Å². The van der Waals surface area contributed by atoms with Crippen LogP contribution in [0.4, 0.5) is 4.79 Å². The van der Waals surface area contributed by atoms with E-state index in [1.165, 1.54) is 14.0 Å². The maximum absolute atomic E-state index is 12.7. The number of ether oxygens (including phenoxy) is 1. The van der Waals surface area contributed by atoms with Crippen LogP contribution in [0.25, 0.3) is 0 Å². The third-order valence-corrected chi connectivity index (χ3v) is 3.96. The van der Waals surface area contributed by atoms with Crippen LogP contribution in [0.2, 0.25) is 0 Å². The Morgan fingerprint density at radius 3 is 1.79 bits per heavy atom. The van der Waals surface area contributed by atoms with E-state index in [4.69, 9.17) is 4.74 Å². The summed E-state index contributed by atoms with van der Waals surface area (Å²) in [6.07, 6.45) is -0.318. The number of amides is 4. The van der Waals surface area contributed by atoms with Gasteiger partial charge in [-0.15, -0.1) is 0 Å². The lowest BCUT2D eigenvalue weighted by molar-refractivity contribution is -0.132. The fourth-order valence-corrected chi connectivity index (χ4v) is 2.50. The zero-order chi connectivity index (χ0) is 22.9. The monoisotopic (exact) mass is 414 g/mol. The summed E-state index contributed by atoms with van der Waals surface area (Å²) in [5.74, 6) is -1.28. The summed E-state index contributed by atoms with van der Waals surface area (Å²) in [4.78, 5) is 49.1. The molecule has 0 aromatic rings. The van der Waals surface area contributed by atoms with Crippen molar-refractivity contribution < 1.29 is 23.9 Å². The van der Waals surface area contributed by atoms with Gasteiger partial charge >= 0.3 is 6.09 Å². The molecule has 4 amide bonds. The number of carbonyl (C=O) groups excluding carboxylic acids is 4. The highest BCUT2D eigenvalue weighted by Crippen LogP contribution is 2.10. The van der Waals surface area contributed by atoms with Gasteiger partial charge in [-0.2, -0.15) is 0 Å².